The van der Waals surface area contributed by atoms with E-state index in [2.05, 4.69) is 5.32 Å². The Kier molecular flexibility index (Phi) is 6.65. The van der Waals surface area contributed by atoms with Crippen molar-refractivity contribution in [3.8, 4) is 0 Å². The molecule has 156 valence electrons. The van der Waals surface area contributed by atoms with Crippen LogP contribution in [0.1, 0.15) is 56.7 Å². The van der Waals surface area contributed by atoms with E-state index in [0.717, 1.165) is 38.4 Å². The Balaban J connectivity index is 1.56. The molecule has 3 unspecified atom stereocenters. The lowest BCUT2D eigenvalue weighted by atomic mass is 9.93. The number of rotatable bonds is 4. The maximum atomic E-state index is 12.9. The van der Waals surface area contributed by atoms with Crippen molar-refractivity contribution in [1.82, 2.24) is 10.2 Å². The summed E-state index contributed by atoms with van der Waals surface area (Å²) in [5, 5.41) is 3.45. The van der Waals surface area contributed by atoms with Gasteiger partial charge in [-0.3, -0.25) is 4.79 Å². The van der Waals surface area contributed by atoms with E-state index in [9.17, 15) is 18.0 Å². The number of carbonyl (C=O) groups excluding carboxylic acids is 1. The van der Waals surface area contributed by atoms with Crippen LogP contribution in [-0.2, 0) is 15.7 Å². The third-order valence-electron chi connectivity index (χ3n) is 5.87. The number of halogens is 3. The maximum absolute atomic E-state index is 12.9. The van der Waals surface area contributed by atoms with Gasteiger partial charge in [0, 0.05) is 31.3 Å². The van der Waals surface area contributed by atoms with Gasteiger partial charge in [0.05, 0.1) is 18.1 Å². The Labute approximate surface area is 164 Å². The van der Waals surface area contributed by atoms with Gasteiger partial charge in [0.2, 0.25) is 5.91 Å². The normalized spacial score (nSPS) is 27.5. The molecule has 2 saturated heterocycles. The van der Waals surface area contributed by atoms with Gasteiger partial charge in [-0.2, -0.15) is 13.2 Å². The van der Waals surface area contributed by atoms with E-state index in [4.69, 9.17) is 4.74 Å². The summed E-state index contributed by atoms with van der Waals surface area (Å²) in [4.78, 5) is 14.7. The van der Waals surface area contributed by atoms with Crippen molar-refractivity contribution in [3.63, 3.8) is 0 Å². The first kappa shape index (κ1) is 21.1. The van der Waals surface area contributed by atoms with E-state index in [1.54, 1.807) is 6.07 Å². The number of amides is 1. The molecule has 0 aliphatic carbocycles. The summed E-state index contributed by atoms with van der Waals surface area (Å²) in [7, 11) is 0. The summed E-state index contributed by atoms with van der Waals surface area (Å²) in [5.41, 5.74) is 0.00229. The smallest absolute Gasteiger partial charge is 0.381 e. The molecule has 0 saturated carbocycles. The number of benzene rings is 1. The standard InChI is InChI=1S/C21H29F3N2O2/c1-14-11-19(8-9-26(14)20(27)17-6-4-10-28-13-17)25-15(2)16-5-3-7-18(12-16)21(22,23)24/h3,5,7,12,14-15,17,19,25H,4,6,8-11,13H2,1-2H3/t14?,15-,17?,19?/m1/s1. The number of nitrogens with one attached hydrogen (secondary N) is 1. The van der Waals surface area contributed by atoms with E-state index in [-0.39, 0.29) is 30.0 Å². The van der Waals surface area contributed by atoms with Crippen LogP contribution >= 0.6 is 0 Å². The van der Waals surface area contributed by atoms with Crippen LogP contribution in [0, 0.1) is 5.92 Å². The molecule has 7 heteroatoms. The molecule has 0 radical (unpaired) electrons. The summed E-state index contributed by atoms with van der Waals surface area (Å²) in [6.45, 7) is 5.85. The SMILES string of the molecule is CC1CC(N[C@H](C)c2cccc(C(F)(F)F)c2)CCN1C(=O)C1CCCOC1. The van der Waals surface area contributed by atoms with Crippen LogP contribution in [0.15, 0.2) is 24.3 Å². The van der Waals surface area contributed by atoms with Crippen molar-refractivity contribution in [3.05, 3.63) is 35.4 Å². The number of nitrogens with zero attached hydrogens (tertiary/aromatic N) is 1. The van der Waals surface area contributed by atoms with Crippen molar-refractivity contribution in [2.24, 2.45) is 5.92 Å². The number of likely N-dealkylation sites (tertiary alicyclic amines) is 1. The molecular weight excluding hydrogens is 369 g/mol. The molecule has 1 N–H and O–H groups in total. The third-order valence-corrected chi connectivity index (χ3v) is 5.87. The predicted octanol–water partition coefficient (Wildman–Crippen LogP) is 4.16. The predicted molar refractivity (Wildman–Crippen MR) is 101 cm³/mol. The van der Waals surface area contributed by atoms with Gasteiger partial charge in [0.1, 0.15) is 0 Å². The van der Waals surface area contributed by atoms with E-state index in [1.807, 2.05) is 18.7 Å². The third kappa shape index (κ3) is 5.06. The Hall–Kier alpha value is -1.60. The fraction of sp³-hybridized carbons (Fsp3) is 0.667. The second-order valence-electron chi connectivity index (χ2n) is 8.03. The highest BCUT2D eigenvalue weighted by atomic mass is 19.4. The topological polar surface area (TPSA) is 41.6 Å². The highest BCUT2D eigenvalue weighted by molar-refractivity contribution is 5.79. The second kappa shape index (κ2) is 8.82. The molecule has 0 aromatic heterocycles. The van der Waals surface area contributed by atoms with E-state index < -0.39 is 11.7 Å². The first-order valence-corrected chi connectivity index (χ1v) is 10.1. The highest BCUT2D eigenvalue weighted by Gasteiger charge is 2.34. The quantitative estimate of drug-likeness (QED) is 0.828. The Bertz CT molecular complexity index is 674. The van der Waals surface area contributed by atoms with Gasteiger partial charge in [-0.25, -0.2) is 0 Å². The number of ether oxygens (including phenoxy) is 1. The first-order valence-electron chi connectivity index (χ1n) is 10.1. The largest absolute Gasteiger partial charge is 0.416 e. The molecule has 28 heavy (non-hydrogen) atoms. The summed E-state index contributed by atoms with van der Waals surface area (Å²) < 4.78 is 44.3. The monoisotopic (exact) mass is 398 g/mol. The van der Waals surface area contributed by atoms with Gasteiger partial charge in [-0.15, -0.1) is 0 Å². The lowest BCUT2D eigenvalue weighted by Crippen LogP contribution is -2.52. The Morgan fingerprint density at radius 2 is 2.11 bits per heavy atom. The van der Waals surface area contributed by atoms with Gasteiger partial charge in [-0.05, 0) is 57.2 Å². The molecule has 1 aromatic rings. The van der Waals surface area contributed by atoms with Crippen LogP contribution in [0.25, 0.3) is 0 Å². The molecule has 2 fully saturated rings. The summed E-state index contributed by atoms with van der Waals surface area (Å²) >= 11 is 0. The Morgan fingerprint density at radius 1 is 1.32 bits per heavy atom. The van der Waals surface area contributed by atoms with Crippen LogP contribution in [0.5, 0.6) is 0 Å². The minimum Gasteiger partial charge on any atom is -0.381 e. The van der Waals surface area contributed by atoms with Crippen LogP contribution in [0.3, 0.4) is 0 Å². The van der Waals surface area contributed by atoms with E-state index >= 15 is 0 Å². The molecule has 2 aliphatic heterocycles. The zero-order chi connectivity index (χ0) is 20.3. The highest BCUT2D eigenvalue weighted by Crippen LogP contribution is 2.31. The van der Waals surface area contributed by atoms with E-state index in [1.165, 1.54) is 12.1 Å². The molecule has 2 aliphatic rings. The number of piperidine rings is 1. The summed E-state index contributed by atoms with van der Waals surface area (Å²) in [6.07, 6.45) is -0.929. The second-order valence-corrected chi connectivity index (χ2v) is 8.03. The fourth-order valence-electron chi connectivity index (χ4n) is 4.26. The lowest BCUT2D eigenvalue weighted by Gasteiger charge is -2.41. The number of alkyl halides is 3. The summed E-state index contributed by atoms with van der Waals surface area (Å²) in [5.74, 6) is 0.140. The van der Waals surface area contributed by atoms with E-state index in [0.29, 0.717) is 18.7 Å². The maximum Gasteiger partial charge on any atom is 0.416 e. The van der Waals surface area contributed by atoms with Gasteiger partial charge in [0.15, 0.2) is 0 Å². The average molecular weight is 398 g/mol. The molecule has 3 rings (SSSR count). The van der Waals surface area contributed by atoms with Crippen LogP contribution in [0.4, 0.5) is 13.2 Å². The molecule has 4 nitrogen and oxygen atoms in total. The van der Waals surface area contributed by atoms with Crippen molar-refractivity contribution in [2.45, 2.75) is 63.8 Å². The number of hydrogen-bond acceptors (Lipinski definition) is 3. The van der Waals surface area contributed by atoms with Crippen LogP contribution < -0.4 is 5.32 Å². The minimum absolute atomic E-state index is 0.0373. The fourth-order valence-corrected chi connectivity index (χ4v) is 4.26. The molecule has 0 bridgehead atoms. The molecule has 2 heterocycles. The lowest BCUT2D eigenvalue weighted by molar-refractivity contribution is -0.143. The van der Waals surface area contributed by atoms with Crippen molar-refractivity contribution >= 4 is 5.91 Å². The number of hydrogen-bond donors (Lipinski definition) is 1. The number of carbonyl (C=O) groups is 1. The van der Waals surface area contributed by atoms with Gasteiger partial charge in [0.25, 0.3) is 0 Å². The van der Waals surface area contributed by atoms with Gasteiger partial charge < -0.3 is 15.0 Å². The Morgan fingerprint density at radius 3 is 2.75 bits per heavy atom. The molecular formula is C21H29F3N2O2. The average Bonchev–Trinajstić information content (AvgIpc) is 2.68. The molecule has 4 atom stereocenters. The zero-order valence-electron chi connectivity index (χ0n) is 16.5. The first-order chi connectivity index (χ1) is 13.3. The molecule has 0 spiro atoms. The zero-order valence-corrected chi connectivity index (χ0v) is 16.5. The summed E-state index contributed by atoms with van der Waals surface area (Å²) in [6, 6.07) is 5.57. The molecule has 1 amide bonds. The minimum atomic E-state index is -4.33. The van der Waals surface area contributed by atoms with Crippen molar-refractivity contribution in [2.75, 3.05) is 19.8 Å². The van der Waals surface area contributed by atoms with Crippen molar-refractivity contribution in [1.29, 1.82) is 0 Å². The van der Waals surface area contributed by atoms with Crippen LogP contribution in [-0.4, -0.2) is 42.6 Å². The van der Waals surface area contributed by atoms with Crippen LogP contribution in [0.2, 0.25) is 0 Å². The van der Waals surface area contributed by atoms with Gasteiger partial charge >= 0.3 is 6.18 Å². The molecule has 1 aromatic carbocycles. The van der Waals surface area contributed by atoms with Crippen molar-refractivity contribution < 1.29 is 22.7 Å². The van der Waals surface area contributed by atoms with Gasteiger partial charge in [-0.1, -0.05) is 12.1 Å².